The molecular weight excluding hydrogens is 564 g/mol. The third kappa shape index (κ3) is 7.71. The molecule has 1 N–H and O–H groups in total. The smallest absolute Gasteiger partial charge is 0.264 e. The first kappa shape index (κ1) is 30.4. The maximum Gasteiger partial charge on any atom is 0.264 e. The molecular formula is C28H30Cl2FN3O4S. The fraction of sp³-hybridized carbons (Fsp3) is 0.286. The molecule has 0 aliphatic heterocycles. The number of rotatable bonds is 12. The third-order valence-corrected chi connectivity index (χ3v) is 8.61. The number of amides is 2. The molecule has 3 rings (SSSR count). The van der Waals surface area contributed by atoms with E-state index >= 15 is 0 Å². The van der Waals surface area contributed by atoms with Crippen molar-refractivity contribution in [2.45, 2.75) is 44.2 Å². The van der Waals surface area contributed by atoms with Gasteiger partial charge in [0.05, 0.1) is 10.6 Å². The number of nitrogens with one attached hydrogen (secondary N) is 1. The maximum atomic E-state index is 13.9. The van der Waals surface area contributed by atoms with E-state index in [1.807, 2.05) is 6.92 Å². The normalized spacial score (nSPS) is 12.0. The minimum absolute atomic E-state index is 0.126. The van der Waals surface area contributed by atoms with Gasteiger partial charge in [-0.2, -0.15) is 0 Å². The lowest BCUT2D eigenvalue weighted by Crippen LogP contribution is -2.51. The van der Waals surface area contributed by atoms with Gasteiger partial charge in [0.2, 0.25) is 11.8 Å². The maximum absolute atomic E-state index is 13.9. The molecule has 3 aromatic rings. The van der Waals surface area contributed by atoms with Gasteiger partial charge in [-0.05, 0) is 61.9 Å². The number of para-hydroxylation sites is 1. The molecule has 0 aliphatic rings. The highest BCUT2D eigenvalue weighted by Crippen LogP contribution is 2.28. The predicted octanol–water partition coefficient (Wildman–Crippen LogP) is 5.66. The van der Waals surface area contributed by atoms with Crippen molar-refractivity contribution < 1.29 is 22.4 Å². The van der Waals surface area contributed by atoms with Gasteiger partial charge in [0.15, 0.2) is 0 Å². The molecule has 0 radical (unpaired) electrons. The van der Waals surface area contributed by atoms with Gasteiger partial charge in [-0.25, -0.2) is 12.8 Å². The molecule has 0 saturated carbocycles. The van der Waals surface area contributed by atoms with E-state index in [4.69, 9.17) is 23.2 Å². The van der Waals surface area contributed by atoms with Crippen LogP contribution in [0.2, 0.25) is 10.0 Å². The molecule has 0 unspecified atom stereocenters. The zero-order chi connectivity index (χ0) is 28.6. The summed E-state index contributed by atoms with van der Waals surface area (Å²) >= 11 is 12.7. The summed E-state index contributed by atoms with van der Waals surface area (Å²) in [5, 5.41) is 3.42. The fourth-order valence-electron chi connectivity index (χ4n) is 3.83. The summed E-state index contributed by atoms with van der Waals surface area (Å²) in [5.74, 6) is -1.65. The monoisotopic (exact) mass is 593 g/mol. The van der Waals surface area contributed by atoms with Gasteiger partial charge in [-0.15, -0.1) is 0 Å². The zero-order valence-corrected chi connectivity index (χ0v) is 23.9. The summed E-state index contributed by atoms with van der Waals surface area (Å²) in [6, 6.07) is 16.3. The molecule has 11 heteroatoms. The van der Waals surface area contributed by atoms with Crippen molar-refractivity contribution in [1.82, 2.24) is 10.2 Å². The molecule has 208 valence electrons. The Morgan fingerprint density at radius 2 is 1.56 bits per heavy atom. The minimum atomic E-state index is -4.29. The number of sulfonamides is 1. The summed E-state index contributed by atoms with van der Waals surface area (Å²) in [4.78, 5) is 27.9. The van der Waals surface area contributed by atoms with Crippen LogP contribution < -0.4 is 9.62 Å². The van der Waals surface area contributed by atoms with Gasteiger partial charge in [0.25, 0.3) is 10.0 Å². The van der Waals surface area contributed by atoms with Gasteiger partial charge in [-0.3, -0.25) is 13.9 Å². The van der Waals surface area contributed by atoms with E-state index in [1.165, 1.54) is 4.90 Å². The highest BCUT2D eigenvalue weighted by molar-refractivity contribution is 7.92. The second kappa shape index (κ2) is 13.8. The van der Waals surface area contributed by atoms with Gasteiger partial charge < -0.3 is 10.2 Å². The average molecular weight is 595 g/mol. The van der Waals surface area contributed by atoms with Gasteiger partial charge in [0.1, 0.15) is 18.4 Å². The molecule has 0 saturated heterocycles. The number of carbonyl (C=O) groups excluding carboxylic acids is 2. The Kier molecular flexibility index (Phi) is 10.7. The Balaban J connectivity index is 2.01. The number of anilines is 1. The van der Waals surface area contributed by atoms with Crippen LogP contribution in [-0.4, -0.2) is 44.3 Å². The average Bonchev–Trinajstić information content (AvgIpc) is 2.92. The number of hydrogen-bond acceptors (Lipinski definition) is 4. The Morgan fingerprint density at radius 1 is 0.949 bits per heavy atom. The largest absolute Gasteiger partial charge is 0.354 e. The lowest BCUT2D eigenvalue weighted by molar-refractivity contribution is -0.139. The molecule has 7 nitrogen and oxygen atoms in total. The first-order valence-electron chi connectivity index (χ1n) is 12.4. The van der Waals surface area contributed by atoms with Crippen molar-refractivity contribution in [2.24, 2.45) is 0 Å². The van der Waals surface area contributed by atoms with Crippen LogP contribution in [0.4, 0.5) is 10.1 Å². The molecule has 0 fully saturated rings. The van der Waals surface area contributed by atoms with E-state index in [0.29, 0.717) is 22.2 Å². The summed E-state index contributed by atoms with van der Waals surface area (Å²) in [6.07, 6.45) is 1.64. The van der Waals surface area contributed by atoms with Crippen LogP contribution in [0.25, 0.3) is 0 Å². The Bertz CT molecular complexity index is 1370. The molecule has 0 aromatic heterocycles. The second-order valence-corrected chi connectivity index (χ2v) is 11.5. The first-order valence-corrected chi connectivity index (χ1v) is 14.6. The molecule has 0 bridgehead atoms. The minimum Gasteiger partial charge on any atom is -0.354 e. The predicted molar refractivity (Wildman–Crippen MR) is 152 cm³/mol. The number of unbranched alkanes of at least 4 members (excludes halogenated alkanes) is 1. The van der Waals surface area contributed by atoms with E-state index in [2.05, 4.69) is 5.32 Å². The summed E-state index contributed by atoms with van der Waals surface area (Å²) < 4.78 is 41.8. The van der Waals surface area contributed by atoms with Gasteiger partial charge in [-0.1, -0.05) is 60.8 Å². The molecule has 1 atom stereocenters. The Hall–Kier alpha value is -3.14. The van der Waals surface area contributed by atoms with Crippen LogP contribution >= 0.6 is 23.2 Å². The van der Waals surface area contributed by atoms with Gasteiger partial charge in [0, 0.05) is 28.7 Å². The molecule has 0 heterocycles. The van der Waals surface area contributed by atoms with E-state index in [0.717, 1.165) is 41.4 Å². The van der Waals surface area contributed by atoms with E-state index < -0.39 is 40.2 Å². The van der Waals surface area contributed by atoms with Crippen LogP contribution in [0.3, 0.4) is 0 Å². The first-order chi connectivity index (χ1) is 18.6. The topological polar surface area (TPSA) is 86.8 Å². The molecule has 0 spiro atoms. The number of halogens is 3. The number of benzene rings is 3. The number of carbonyl (C=O) groups is 2. The summed E-state index contributed by atoms with van der Waals surface area (Å²) in [6.45, 7) is 3.23. The van der Waals surface area contributed by atoms with Crippen LogP contribution in [0.1, 0.15) is 32.3 Å². The molecule has 0 aliphatic carbocycles. The van der Waals surface area contributed by atoms with Gasteiger partial charge >= 0.3 is 0 Å². The highest BCUT2D eigenvalue weighted by atomic mass is 35.5. The van der Waals surface area contributed by atoms with Crippen molar-refractivity contribution in [3.63, 3.8) is 0 Å². The SMILES string of the molecule is CCCCNC(=O)[C@H](C)N(Cc1c(Cl)cccc1Cl)C(=O)CN(c1ccccc1)S(=O)(=O)c1ccc(F)cc1. The number of nitrogens with zero attached hydrogens (tertiary/aromatic N) is 2. The quantitative estimate of drug-likeness (QED) is 0.274. The highest BCUT2D eigenvalue weighted by Gasteiger charge is 2.33. The van der Waals surface area contributed by atoms with Crippen LogP contribution in [-0.2, 0) is 26.2 Å². The van der Waals surface area contributed by atoms with Crippen molar-refractivity contribution >= 4 is 50.7 Å². The molecule has 2 amide bonds. The Labute approximate surface area is 238 Å². The Morgan fingerprint density at radius 3 is 2.15 bits per heavy atom. The van der Waals surface area contributed by atoms with E-state index in [1.54, 1.807) is 55.5 Å². The summed E-state index contributed by atoms with van der Waals surface area (Å²) in [5.41, 5.74) is 0.654. The lowest BCUT2D eigenvalue weighted by atomic mass is 10.1. The lowest BCUT2D eigenvalue weighted by Gasteiger charge is -2.32. The zero-order valence-electron chi connectivity index (χ0n) is 21.6. The fourth-order valence-corrected chi connectivity index (χ4v) is 5.76. The molecule has 39 heavy (non-hydrogen) atoms. The molecule has 3 aromatic carbocycles. The standard InChI is InChI=1S/C28H30Cl2FN3O4S/c1-3-4-17-32-28(36)20(2)33(18-24-25(29)11-8-12-26(24)30)27(35)19-34(22-9-6-5-7-10-22)39(37,38)23-15-13-21(31)14-16-23/h5-16,20H,3-4,17-19H2,1-2H3,(H,32,36)/t20-/m0/s1. The van der Waals surface area contributed by atoms with Crippen LogP contribution in [0.5, 0.6) is 0 Å². The van der Waals surface area contributed by atoms with Crippen molar-refractivity contribution in [1.29, 1.82) is 0 Å². The van der Waals surface area contributed by atoms with Crippen molar-refractivity contribution in [2.75, 3.05) is 17.4 Å². The third-order valence-electron chi connectivity index (χ3n) is 6.11. The van der Waals surface area contributed by atoms with Crippen molar-refractivity contribution in [3.8, 4) is 0 Å². The second-order valence-electron chi connectivity index (χ2n) is 8.84. The van der Waals surface area contributed by atoms with Crippen LogP contribution in [0.15, 0.2) is 77.7 Å². The summed E-state index contributed by atoms with van der Waals surface area (Å²) in [7, 11) is -4.29. The van der Waals surface area contributed by atoms with E-state index in [-0.39, 0.29) is 17.1 Å². The van der Waals surface area contributed by atoms with Crippen LogP contribution in [0, 0.1) is 5.82 Å². The van der Waals surface area contributed by atoms with Crippen molar-refractivity contribution in [3.05, 3.63) is 94.2 Å². The van der Waals surface area contributed by atoms with E-state index in [9.17, 15) is 22.4 Å². The number of hydrogen-bond donors (Lipinski definition) is 1.